The molecule has 0 aliphatic rings. The van der Waals surface area contributed by atoms with E-state index in [9.17, 15) is 18.7 Å². The number of pyridine rings is 1. The Morgan fingerprint density at radius 3 is 2.78 bits per heavy atom. The van der Waals surface area contributed by atoms with E-state index in [-0.39, 0.29) is 29.7 Å². The van der Waals surface area contributed by atoms with Gasteiger partial charge in [0.1, 0.15) is 29.3 Å². The Hall–Kier alpha value is -2.25. The highest BCUT2D eigenvalue weighted by Gasteiger charge is 2.12. The molecular formula is C15H13ClF2N2O3. The Bertz CT molecular complexity index is 700. The van der Waals surface area contributed by atoms with E-state index in [2.05, 4.69) is 10.3 Å². The second-order valence-corrected chi connectivity index (χ2v) is 4.98. The van der Waals surface area contributed by atoms with Gasteiger partial charge in [-0.25, -0.2) is 13.8 Å². The number of hydrogen-bond donors (Lipinski definition) is 2. The summed E-state index contributed by atoms with van der Waals surface area (Å²) in [7, 11) is 0. The van der Waals surface area contributed by atoms with Crippen LogP contribution >= 0.6 is 11.6 Å². The molecule has 0 radical (unpaired) electrons. The molecule has 0 aliphatic carbocycles. The van der Waals surface area contributed by atoms with Gasteiger partial charge in [0.25, 0.3) is 5.91 Å². The standard InChI is InChI=1S/C15H13ClF2N2O3/c16-14-3-1-2-13(20-14)15(22)19-7-9(21)8-23-10-4-5-11(17)12(18)6-10/h1-6,9,21H,7-8H2,(H,19,22). The predicted molar refractivity (Wildman–Crippen MR) is 79.4 cm³/mol. The van der Waals surface area contributed by atoms with Crippen LogP contribution in [0.3, 0.4) is 0 Å². The van der Waals surface area contributed by atoms with Crippen LogP contribution in [0, 0.1) is 11.6 Å². The summed E-state index contributed by atoms with van der Waals surface area (Å²) in [4.78, 5) is 15.6. The fraction of sp³-hybridized carbons (Fsp3) is 0.200. The molecule has 1 aromatic carbocycles. The first kappa shape index (κ1) is 17.1. The van der Waals surface area contributed by atoms with Crippen LogP contribution in [0.15, 0.2) is 36.4 Å². The van der Waals surface area contributed by atoms with Crippen LogP contribution in [0.1, 0.15) is 10.5 Å². The summed E-state index contributed by atoms with van der Waals surface area (Å²) in [6, 6.07) is 7.61. The van der Waals surface area contributed by atoms with Gasteiger partial charge in [0, 0.05) is 12.6 Å². The molecule has 1 heterocycles. The number of nitrogens with one attached hydrogen (secondary N) is 1. The Morgan fingerprint density at radius 2 is 2.09 bits per heavy atom. The van der Waals surface area contributed by atoms with Crippen molar-refractivity contribution in [1.82, 2.24) is 10.3 Å². The Balaban J connectivity index is 1.79. The third-order valence-electron chi connectivity index (χ3n) is 2.78. The van der Waals surface area contributed by atoms with E-state index in [0.717, 1.165) is 12.1 Å². The predicted octanol–water partition coefficient (Wildman–Crippen LogP) is 2.18. The largest absolute Gasteiger partial charge is 0.491 e. The fourth-order valence-electron chi connectivity index (χ4n) is 1.65. The maximum Gasteiger partial charge on any atom is 0.270 e. The Labute approximate surface area is 135 Å². The summed E-state index contributed by atoms with van der Waals surface area (Å²) in [6.07, 6.45) is -1.04. The van der Waals surface area contributed by atoms with Gasteiger partial charge in [0.15, 0.2) is 11.6 Å². The van der Waals surface area contributed by atoms with Crippen molar-refractivity contribution in [3.8, 4) is 5.75 Å². The summed E-state index contributed by atoms with van der Waals surface area (Å²) in [5, 5.41) is 12.4. The van der Waals surface area contributed by atoms with Crippen molar-refractivity contribution >= 4 is 17.5 Å². The van der Waals surface area contributed by atoms with Gasteiger partial charge in [-0.15, -0.1) is 0 Å². The molecule has 5 nitrogen and oxygen atoms in total. The molecular weight excluding hydrogens is 330 g/mol. The zero-order chi connectivity index (χ0) is 16.8. The third-order valence-corrected chi connectivity index (χ3v) is 2.99. The van der Waals surface area contributed by atoms with E-state index in [1.54, 1.807) is 6.07 Å². The van der Waals surface area contributed by atoms with E-state index >= 15 is 0 Å². The average Bonchev–Trinajstić information content (AvgIpc) is 2.53. The molecule has 23 heavy (non-hydrogen) atoms. The number of ether oxygens (including phenoxy) is 1. The van der Waals surface area contributed by atoms with Crippen molar-refractivity contribution < 1.29 is 23.4 Å². The zero-order valence-electron chi connectivity index (χ0n) is 11.8. The molecule has 1 unspecified atom stereocenters. The minimum atomic E-state index is -1.04. The zero-order valence-corrected chi connectivity index (χ0v) is 12.6. The highest BCUT2D eigenvalue weighted by atomic mass is 35.5. The van der Waals surface area contributed by atoms with Crippen molar-refractivity contribution in [1.29, 1.82) is 0 Å². The van der Waals surface area contributed by atoms with E-state index in [0.29, 0.717) is 0 Å². The van der Waals surface area contributed by atoms with Crippen LogP contribution in [0.2, 0.25) is 5.15 Å². The third kappa shape index (κ3) is 5.15. The minimum Gasteiger partial charge on any atom is -0.491 e. The van der Waals surface area contributed by atoms with Gasteiger partial charge in [-0.2, -0.15) is 0 Å². The Morgan fingerprint density at radius 1 is 1.30 bits per heavy atom. The van der Waals surface area contributed by atoms with Crippen molar-refractivity contribution in [3.63, 3.8) is 0 Å². The van der Waals surface area contributed by atoms with Crippen molar-refractivity contribution in [2.24, 2.45) is 0 Å². The first-order valence-corrected chi connectivity index (χ1v) is 7.00. The van der Waals surface area contributed by atoms with Gasteiger partial charge in [-0.3, -0.25) is 4.79 Å². The first-order valence-electron chi connectivity index (χ1n) is 6.62. The molecule has 1 atom stereocenters. The summed E-state index contributed by atoms with van der Waals surface area (Å²) < 4.78 is 30.9. The number of aliphatic hydroxyl groups excluding tert-OH is 1. The molecule has 2 aromatic rings. The number of amides is 1. The molecule has 2 N–H and O–H groups in total. The topological polar surface area (TPSA) is 71.5 Å². The average molecular weight is 343 g/mol. The molecule has 122 valence electrons. The first-order chi connectivity index (χ1) is 11.0. The fourth-order valence-corrected chi connectivity index (χ4v) is 1.82. The number of carbonyl (C=O) groups is 1. The highest BCUT2D eigenvalue weighted by molar-refractivity contribution is 6.29. The van der Waals surface area contributed by atoms with E-state index in [1.165, 1.54) is 18.2 Å². The molecule has 0 aliphatic heterocycles. The summed E-state index contributed by atoms with van der Waals surface area (Å²) in [6.45, 7) is -0.301. The van der Waals surface area contributed by atoms with Gasteiger partial charge >= 0.3 is 0 Å². The van der Waals surface area contributed by atoms with E-state index in [1.807, 2.05) is 0 Å². The van der Waals surface area contributed by atoms with Crippen LogP contribution in [0.4, 0.5) is 8.78 Å². The molecule has 0 saturated carbocycles. The molecule has 2 rings (SSSR count). The monoisotopic (exact) mass is 342 g/mol. The molecule has 1 aromatic heterocycles. The minimum absolute atomic E-state index is 0.0748. The van der Waals surface area contributed by atoms with E-state index < -0.39 is 23.6 Å². The maximum atomic E-state index is 13.0. The molecule has 1 amide bonds. The number of carbonyl (C=O) groups excluding carboxylic acids is 1. The van der Waals surface area contributed by atoms with Gasteiger partial charge < -0.3 is 15.2 Å². The smallest absolute Gasteiger partial charge is 0.270 e. The highest BCUT2D eigenvalue weighted by Crippen LogP contribution is 2.15. The van der Waals surface area contributed by atoms with Crippen molar-refractivity contribution in [2.45, 2.75) is 6.10 Å². The van der Waals surface area contributed by atoms with Crippen LogP contribution in [-0.2, 0) is 0 Å². The normalized spacial score (nSPS) is 11.8. The van der Waals surface area contributed by atoms with Gasteiger partial charge in [-0.1, -0.05) is 17.7 Å². The van der Waals surface area contributed by atoms with Gasteiger partial charge in [0.2, 0.25) is 0 Å². The maximum absolute atomic E-state index is 13.0. The summed E-state index contributed by atoms with van der Waals surface area (Å²) in [5.74, 6) is -2.46. The van der Waals surface area contributed by atoms with Crippen molar-refractivity contribution in [3.05, 3.63) is 58.9 Å². The van der Waals surface area contributed by atoms with E-state index in [4.69, 9.17) is 16.3 Å². The number of nitrogens with zero attached hydrogens (tertiary/aromatic N) is 1. The van der Waals surface area contributed by atoms with Crippen LogP contribution in [0.25, 0.3) is 0 Å². The lowest BCUT2D eigenvalue weighted by Gasteiger charge is -2.13. The summed E-state index contributed by atoms with van der Waals surface area (Å²) in [5.41, 5.74) is 0.117. The number of benzene rings is 1. The van der Waals surface area contributed by atoms with Crippen LogP contribution in [0.5, 0.6) is 5.75 Å². The SMILES string of the molecule is O=C(NCC(O)COc1ccc(F)c(F)c1)c1cccc(Cl)n1. The van der Waals surface area contributed by atoms with Gasteiger partial charge in [-0.05, 0) is 24.3 Å². The quantitative estimate of drug-likeness (QED) is 0.789. The molecule has 0 saturated heterocycles. The summed E-state index contributed by atoms with van der Waals surface area (Å²) >= 11 is 5.68. The van der Waals surface area contributed by atoms with Crippen LogP contribution in [-0.4, -0.2) is 35.3 Å². The molecule has 8 heteroatoms. The number of aromatic nitrogens is 1. The van der Waals surface area contributed by atoms with Crippen molar-refractivity contribution in [2.75, 3.05) is 13.2 Å². The molecule has 0 fully saturated rings. The number of hydrogen-bond acceptors (Lipinski definition) is 4. The van der Waals surface area contributed by atoms with Crippen LogP contribution < -0.4 is 10.1 Å². The lowest BCUT2D eigenvalue weighted by atomic mass is 10.3. The molecule has 0 spiro atoms. The number of aliphatic hydroxyl groups is 1. The number of rotatable bonds is 6. The number of halogens is 3. The lowest BCUT2D eigenvalue weighted by molar-refractivity contribution is 0.0839. The van der Waals surface area contributed by atoms with Gasteiger partial charge in [0.05, 0.1) is 0 Å². The second kappa shape index (κ2) is 7.85. The second-order valence-electron chi connectivity index (χ2n) is 4.60. The Kier molecular flexibility index (Phi) is 5.84. The molecule has 0 bridgehead atoms. The lowest BCUT2D eigenvalue weighted by Crippen LogP contribution is -2.35.